The zero-order valence-corrected chi connectivity index (χ0v) is 21.5. The lowest BCUT2D eigenvalue weighted by atomic mass is 9.90. The number of piperidine rings is 1. The van der Waals surface area contributed by atoms with E-state index >= 15 is 0 Å². The Morgan fingerprint density at radius 3 is 1.97 bits per heavy atom. The van der Waals surface area contributed by atoms with E-state index in [1.165, 1.54) is 12.1 Å². The fourth-order valence-electron chi connectivity index (χ4n) is 4.43. The Morgan fingerprint density at radius 2 is 1.43 bits per heavy atom. The summed E-state index contributed by atoms with van der Waals surface area (Å²) in [7, 11) is -4.05. The molecule has 2 aromatic rings. The number of halogens is 1. The van der Waals surface area contributed by atoms with Crippen LogP contribution in [0.2, 0.25) is 0 Å². The number of hydrogen-bond acceptors (Lipinski definition) is 5. The first kappa shape index (κ1) is 25.6. The molecular formula is C24H28BrN3O6S. The molecular weight excluding hydrogens is 538 g/mol. The van der Waals surface area contributed by atoms with Crippen LogP contribution in [0.25, 0.3) is 11.1 Å². The number of nitrogens with zero attached hydrogens (tertiary/aromatic N) is 2. The van der Waals surface area contributed by atoms with Gasteiger partial charge in [0.2, 0.25) is 10.0 Å². The number of nitrogens with one attached hydrogen (secondary N) is 1. The van der Waals surface area contributed by atoms with E-state index < -0.39 is 28.0 Å². The van der Waals surface area contributed by atoms with Crippen molar-refractivity contribution < 1.29 is 27.9 Å². The number of carboxylic acids is 1. The molecule has 35 heavy (non-hydrogen) atoms. The number of rotatable bonds is 6. The maximum Gasteiger partial charge on any atom is 0.322 e. The Kier molecular flexibility index (Phi) is 8.10. The number of ether oxygens (including phenoxy) is 1. The van der Waals surface area contributed by atoms with Gasteiger partial charge in [0.15, 0.2) is 0 Å². The van der Waals surface area contributed by atoms with E-state index in [-0.39, 0.29) is 10.9 Å². The molecule has 2 amide bonds. The smallest absolute Gasteiger partial charge is 0.322 e. The highest BCUT2D eigenvalue weighted by Gasteiger charge is 2.36. The van der Waals surface area contributed by atoms with Crippen LogP contribution in [-0.4, -0.2) is 80.8 Å². The number of urea groups is 1. The summed E-state index contributed by atoms with van der Waals surface area (Å²) in [5.41, 5.74) is 1.79. The summed E-state index contributed by atoms with van der Waals surface area (Å²) in [5.74, 6) is -1.64. The van der Waals surface area contributed by atoms with E-state index in [9.17, 15) is 23.1 Å². The Balaban J connectivity index is 1.40. The van der Waals surface area contributed by atoms with Crippen molar-refractivity contribution in [2.45, 2.75) is 23.8 Å². The van der Waals surface area contributed by atoms with E-state index in [0.29, 0.717) is 52.2 Å². The van der Waals surface area contributed by atoms with Crippen LogP contribution in [0, 0.1) is 5.92 Å². The number of carbonyl (C=O) groups is 2. The molecule has 2 saturated heterocycles. The molecule has 2 N–H and O–H groups in total. The van der Waals surface area contributed by atoms with E-state index in [1.807, 2.05) is 24.3 Å². The van der Waals surface area contributed by atoms with Gasteiger partial charge in [-0.05, 0) is 54.2 Å². The van der Waals surface area contributed by atoms with Crippen molar-refractivity contribution >= 4 is 38.0 Å². The molecule has 2 aromatic carbocycles. The number of carboxylic acid groups (broad SMARTS) is 1. The van der Waals surface area contributed by atoms with Crippen molar-refractivity contribution in [2.75, 3.05) is 39.4 Å². The van der Waals surface area contributed by atoms with Crippen LogP contribution in [0.3, 0.4) is 0 Å². The van der Waals surface area contributed by atoms with Crippen LogP contribution in [0.5, 0.6) is 0 Å². The molecule has 0 spiro atoms. The number of morpholine rings is 1. The van der Waals surface area contributed by atoms with E-state index in [1.54, 1.807) is 21.9 Å². The van der Waals surface area contributed by atoms with Crippen molar-refractivity contribution in [3.8, 4) is 11.1 Å². The SMILES string of the molecule is O=C(O)C(NS(=O)(=O)c1ccc(-c2ccc(Br)cc2)cc1)C1CCN(C(=O)N2CCOCC2)CC1. The minimum Gasteiger partial charge on any atom is -0.480 e. The average molecular weight is 566 g/mol. The zero-order valence-electron chi connectivity index (χ0n) is 19.1. The van der Waals surface area contributed by atoms with Gasteiger partial charge in [-0.2, -0.15) is 4.72 Å². The molecule has 1 atom stereocenters. The second-order valence-electron chi connectivity index (χ2n) is 8.67. The topological polar surface area (TPSA) is 116 Å². The molecule has 2 heterocycles. The largest absolute Gasteiger partial charge is 0.480 e. The molecule has 11 heteroatoms. The van der Waals surface area contributed by atoms with Gasteiger partial charge in [-0.1, -0.05) is 40.2 Å². The first-order valence-corrected chi connectivity index (χ1v) is 13.7. The number of carbonyl (C=O) groups excluding carboxylic acids is 1. The summed E-state index contributed by atoms with van der Waals surface area (Å²) >= 11 is 3.39. The van der Waals surface area contributed by atoms with Crippen molar-refractivity contribution in [3.63, 3.8) is 0 Å². The lowest BCUT2D eigenvalue weighted by Gasteiger charge is -2.38. The molecule has 9 nitrogen and oxygen atoms in total. The summed E-state index contributed by atoms with van der Waals surface area (Å²) in [6.45, 7) is 2.86. The maximum atomic E-state index is 13.0. The molecule has 188 valence electrons. The van der Waals surface area contributed by atoms with Crippen LogP contribution in [-0.2, 0) is 19.6 Å². The number of hydrogen-bond donors (Lipinski definition) is 2. The number of aliphatic carboxylic acids is 1. The van der Waals surface area contributed by atoms with Gasteiger partial charge in [-0.25, -0.2) is 13.2 Å². The number of amides is 2. The van der Waals surface area contributed by atoms with Crippen LogP contribution >= 0.6 is 15.9 Å². The highest BCUT2D eigenvalue weighted by molar-refractivity contribution is 9.10. The van der Waals surface area contributed by atoms with Gasteiger partial charge < -0.3 is 19.6 Å². The standard InChI is InChI=1S/C24H28BrN3O6S/c25-20-5-1-17(2-6-20)18-3-7-21(8-4-18)35(32,33)26-22(23(29)30)19-9-11-27(12-10-19)24(31)28-13-15-34-16-14-28/h1-8,19,22,26H,9-16H2,(H,29,30). The molecule has 0 aliphatic carbocycles. The first-order chi connectivity index (χ1) is 16.7. The van der Waals surface area contributed by atoms with Crippen LogP contribution in [0.4, 0.5) is 4.79 Å². The van der Waals surface area contributed by atoms with Crippen molar-refractivity contribution in [1.82, 2.24) is 14.5 Å². The number of sulfonamides is 1. The van der Waals surface area contributed by atoms with Gasteiger partial charge in [0, 0.05) is 30.7 Å². The molecule has 2 aliphatic heterocycles. The van der Waals surface area contributed by atoms with E-state index in [2.05, 4.69) is 20.7 Å². The second kappa shape index (κ2) is 11.1. The van der Waals surface area contributed by atoms with Gasteiger partial charge in [0.05, 0.1) is 18.1 Å². The first-order valence-electron chi connectivity index (χ1n) is 11.5. The minimum absolute atomic E-state index is 0.00421. The normalized spacial score (nSPS) is 18.3. The number of likely N-dealkylation sites (tertiary alicyclic amines) is 1. The molecule has 4 rings (SSSR count). The van der Waals surface area contributed by atoms with Gasteiger partial charge in [-0.3, -0.25) is 4.79 Å². The predicted octanol–water partition coefficient (Wildman–Crippen LogP) is 3.01. The molecule has 0 bridgehead atoms. The van der Waals surface area contributed by atoms with Gasteiger partial charge in [0.25, 0.3) is 0 Å². The average Bonchev–Trinajstić information content (AvgIpc) is 2.88. The van der Waals surface area contributed by atoms with Crippen LogP contribution < -0.4 is 4.72 Å². The van der Waals surface area contributed by atoms with Gasteiger partial charge in [-0.15, -0.1) is 0 Å². The summed E-state index contributed by atoms with van der Waals surface area (Å²) in [6.07, 6.45) is 0.802. The fraction of sp³-hybridized carbons (Fsp3) is 0.417. The summed E-state index contributed by atoms with van der Waals surface area (Å²) in [6, 6.07) is 12.6. The summed E-state index contributed by atoms with van der Waals surface area (Å²) in [5, 5.41) is 9.80. The highest BCUT2D eigenvalue weighted by atomic mass is 79.9. The summed E-state index contributed by atoms with van der Waals surface area (Å²) in [4.78, 5) is 28.1. The predicted molar refractivity (Wildman–Crippen MR) is 133 cm³/mol. The Morgan fingerprint density at radius 1 is 0.914 bits per heavy atom. The van der Waals surface area contributed by atoms with Crippen LogP contribution in [0.15, 0.2) is 57.9 Å². The van der Waals surface area contributed by atoms with E-state index in [0.717, 1.165) is 15.6 Å². The van der Waals surface area contributed by atoms with Gasteiger partial charge >= 0.3 is 12.0 Å². The molecule has 2 fully saturated rings. The second-order valence-corrected chi connectivity index (χ2v) is 11.3. The van der Waals surface area contributed by atoms with Crippen molar-refractivity contribution in [2.24, 2.45) is 5.92 Å². The molecule has 0 aromatic heterocycles. The van der Waals surface area contributed by atoms with Crippen LogP contribution in [0.1, 0.15) is 12.8 Å². The molecule has 0 radical (unpaired) electrons. The maximum absolute atomic E-state index is 13.0. The lowest BCUT2D eigenvalue weighted by Crippen LogP contribution is -2.53. The minimum atomic E-state index is -4.05. The number of benzene rings is 2. The fourth-order valence-corrected chi connectivity index (χ4v) is 5.95. The molecule has 2 aliphatic rings. The Bertz CT molecular complexity index is 1140. The summed E-state index contributed by atoms with van der Waals surface area (Å²) < 4.78 is 34.6. The Labute approximate surface area is 213 Å². The lowest BCUT2D eigenvalue weighted by molar-refractivity contribution is -0.140. The molecule has 0 saturated carbocycles. The third kappa shape index (κ3) is 6.21. The third-order valence-electron chi connectivity index (χ3n) is 6.45. The van der Waals surface area contributed by atoms with Gasteiger partial charge in [0.1, 0.15) is 6.04 Å². The zero-order chi connectivity index (χ0) is 25.0. The third-order valence-corrected chi connectivity index (χ3v) is 8.44. The monoisotopic (exact) mass is 565 g/mol. The quantitative estimate of drug-likeness (QED) is 0.556. The van der Waals surface area contributed by atoms with Crippen molar-refractivity contribution in [3.05, 3.63) is 53.0 Å². The highest BCUT2D eigenvalue weighted by Crippen LogP contribution is 2.26. The molecule has 1 unspecified atom stereocenters. The van der Waals surface area contributed by atoms with Crippen molar-refractivity contribution in [1.29, 1.82) is 0 Å². The Hall–Kier alpha value is -2.47. The van der Waals surface area contributed by atoms with E-state index in [4.69, 9.17) is 4.74 Å².